The maximum absolute atomic E-state index is 12.1. The molecule has 1 N–H and O–H groups in total. The van der Waals surface area contributed by atoms with E-state index in [4.69, 9.17) is 21.6 Å². The van der Waals surface area contributed by atoms with Crippen molar-refractivity contribution in [2.75, 3.05) is 5.32 Å². The minimum atomic E-state index is -0.987. The Morgan fingerprint density at radius 3 is 2.69 bits per heavy atom. The lowest BCUT2D eigenvalue weighted by molar-refractivity contribution is -0.148. The van der Waals surface area contributed by atoms with E-state index in [9.17, 15) is 9.59 Å². The number of anilines is 1. The van der Waals surface area contributed by atoms with Crippen LogP contribution in [0.25, 0.3) is 6.08 Å². The Morgan fingerprint density at radius 1 is 1.27 bits per heavy atom. The number of carbonyl (C=O) groups is 2. The summed E-state index contributed by atoms with van der Waals surface area (Å²) in [6.45, 7) is 3.43. The molecule has 0 heterocycles. The molecule has 5 nitrogen and oxygen atoms in total. The molecule has 132 valence electrons. The number of nitrogens with zero attached hydrogens (tertiary/aromatic N) is 1. The van der Waals surface area contributed by atoms with Crippen LogP contribution in [0, 0.1) is 18.3 Å². The van der Waals surface area contributed by atoms with Crippen molar-refractivity contribution in [2.45, 2.75) is 20.0 Å². The summed E-state index contributed by atoms with van der Waals surface area (Å²) < 4.78 is 5.09. The van der Waals surface area contributed by atoms with Crippen LogP contribution in [0.5, 0.6) is 0 Å². The zero-order valence-corrected chi connectivity index (χ0v) is 15.1. The van der Waals surface area contributed by atoms with E-state index in [0.29, 0.717) is 11.3 Å². The van der Waals surface area contributed by atoms with Gasteiger partial charge in [-0.25, -0.2) is 4.79 Å². The maximum Gasteiger partial charge on any atom is 0.331 e. The lowest BCUT2D eigenvalue weighted by Gasteiger charge is -2.12. The smallest absolute Gasteiger partial charge is 0.331 e. The van der Waals surface area contributed by atoms with E-state index < -0.39 is 18.0 Å². The van der Waals surface area contributed by atoms with Gasteiger partial charge in [-0.2, -0.15) is 5.26 Å². The van der Waals surface area contributed by atoms with Gasteiger partial charge >= 0.3 is 5.97 Å². The second-order valence-electron chi connectivity index (χ2n) is 5.62. The molecule has 2 aromatic carbocycles. The molecular weight excluding hydrogens is 352 g/mol. The number of nitriles is 1. The van der Waals surface area contributed by atoms with Crippen molar-refractivity contribution in [1.29, 1.82) is 5.26 Å². The lowest BCUT2D eigenvalue weighted by Crippen LogP contribution is -2.29. The highest BCUT2D eigenvalue weighted by Gasteiger charge is 2.17. The fraction of sp³-hybridized carbons (Fsp3) is 0.150. The molecule has 26 heavy (non-hydrogen) atoms. The van der Waals surface area contributed by atoms with Gasteiger partial charge in [0, 0.05) is 11.8 Å². The van der Waals surface area contributed by atoms with E-state index in [2.05, 4.69) is 5.32 Å². The molecule has 0 saturated heterocycles. The van der Waals surface area contributed by atoms with Gasteiger partial charge in [0.1, 0.15) is 6.07 Å². The number of hydrogen-bond donors (Lipinski definition) is 1. The summed E-state index contributed by atoms with van der Waals surface area (Å²) in [4.78, 5) is 24.0. The molecule has 0 bridgehead atoms. The third kappa shape index (κ3) is 5.47. The standard InChI is InChI=1S/C20H17ClN2O3/c1-13-4-3-5-15(10-13)6-9-19(24)26-14(2)20(25)23-17-8-7-16(12-22)18(21)11-17/h3-11,14H,1-2H3,(H,23,25)/b9-6+/t14-/m0/s1. The van der Waals surface area contributed by atoms with Crippen molar-refractivity contribution in [3.05, 3.63) is 70.3 Å². The fourth-order valence-electron chi connectivity index (χ4n) is 2.13. The van der Waals surface area contributed by atoms with Gasteiger partial charge in [0.05, 0.1) is 10.6 Å². The fourth-order valence-corrected chi connectivity index (χ4v) is 2.36. The maximum atomic E-state index is 12.1. The number of amides is 1. The number of esters is 1. The molecule has 6 heteroatoms. The van der Waals surface area contributed by atoms with Crippen molar-refractivity contribution >= 4 is 35.2 Å². The second kappa shape index (κ2) is 8.84. The Morgan fingerprint density at radius 2 is 2.04 bits per heavy atom. The van der Waals surface area contributed by atoms with Crippen LogP contribution < -0.4 is 5.32 Å². The number of ether oxygens (including phenoxy) is 1. The van der Waals surface area contributed by atoms with Gasteiger partial charge in [-0.15, -0.1) is 0 Å². The zero-order chi connectivity index (χ0) is 19.1. The normalized spacial score (nSPS) is 11.6. The van der Waals surface area contributed by atoms with Gasteiger partial charge in [-0.3, -0.25) is 4.79 Å². The number of nitrogens with one attached hydrogen (secondary N) is 1. The van der Waals surface area contributed by atoms with E-state index in [1.165, 1.54) is 25.1 Å². The Kier molecular flexibility index (Phi) is 6.54. The number of carbonyl (C=O) groups excluding carboxylic acids is 2. The summed E-state index contributed by atoms with van der Waals surface area (Å²) in [5.74, 6) is -1.12. The number of aryl methyl sites for hydroxylation is 1. The topological polar surface area (TPSA) is 79.2 Å². The molecule has 2 rings (SSSR count). The van der Waals surface area contributed by atoms with Gasteiger partial charge in [0.15, 0.2) is 6.10 Å². The minimum Gasteiger partial charge on any atom is -0.449 e. The highest BCUT2D eigenvalue weighted by atomic mass is 35.5. The molecule has 0 aromatic heterocycles. The van der Waals surface area contributed by atoms with Crippen molar-refractivity contribution < 1.29 is 14.3 Å². The molecule has 0 aliphatic rings. The minimum absolute atomic E-state index is 0.232. The SMILES string of the molecule is Cc1cccc(/C=C/C(=O)O[C@@H](C)C(=O)Nc2ccc(C#N)c(Cl)c2)c1. The first-order chi connectivity index (χ1) is 12.4. The quantitative estimate of drug-likeness (QED) is 0.636. The predicted molar refractivity (Wildman–Crippen MR) is 101 cm³/mol. The van der Waals surface area contributed by atoms with Crippen LogP contribution in [0.1, 0.15) is 23.6 Å². The summed E-state index contributed by atoms with van der Waals surface area (Å²) in [7, 11) is 0. The van der Waals surface area contributed by atoms with Crippen molar-refractivity contribution in [1.82, 2.24) is 0 Å². The Hall–Kier alpha value is -3.10. The Bertz CT molecular complexity index is 900. The molecule has 0 unspecified atom stereocenters. The number of benzene rings is 2. The molecular formula is C20H17ClN2O3. The van der Waals surface area contributed by atoms with Crippen LogP contribution in [0.2, 0.25) is 5.02 Å². The first-order valence-corrected chi connectivity index (χ1v) is 8.22. The Labute approximate surface area is 156 Å². The molecule has 0 fully saturated rings. The van der Waals surface area contributed by atoms with Crippen LogP contribution in [0.3, 0.4) is 0 Å². The van der Waals surface area contributed by atoms with Gasteiger partial charge < -0.3 is 10.1 Å². The van der Waals surface area contributed by atoms with Crippen molar-refractivity contribution in [3.63, 3.8) is 0 Å². The van der Waals surface area contributed by atoms with Crippen LogP contribution in [-0.4, -0.2) is 18.0 Å². The lowest BCUT2D eigenvalue weighted by atomic mass is 10.1. The predicted octanol–water partition coefficient (Wildman–Crippen LogP) is 4.10. The summed E-state index contributed by atoms with van der Waals surface area (Å²) in [5.41, 5.74) is 2.67. The molecule has 0 spiro atoms. The van der Waals surface area contributed by atoms with Crippen LogP contribution in [0.4, 0.5) is 5.69 Å². The molecule has 2 aromatic rings. The molecule has 0 aliphatic heterocycles. The molecule has 0 aliphatic carbocycles. The third-order valence-corrected chi connectivity index (χ3v) is 3.79. The number of halogens is 1. The van der Waals surface area contributed by atoms with E-state index in [1.807, 2.05) is 37.3 Å². The second-order valence-corrected chi connectivity index (χ2v) is 6.03. The first-order valence-electron chi connectivity index (χ1n) is 7.85. The molecule has 1 amide bonds. The van der Waals surface area contributed by atoms with Crippen LogP contribution in [-0.2, 0) is 14.3 Å². The van der Waals surface area contributed by atoms with Gasteiger partial charge in [0.2, 0.25) is 0 Å². The van der Waals surface area contributed by atoms with E-state index in [0.717, 1.165) is 11.1 Å². The third-order valence-electron chi connectivity index (χ3n) is 3.47. The van der Waals surface area contributed by atoms with Gasteiger partial charge in [-0.1, -0.05) is 41.4 Å². The summed E-state index contributed by atoms with van der Waals surface area (Å²) >= 11 is 5.92. The summed E-state index contributed by atoms with van der Waals surface area (Å²) in [5, 5.41) is 11.7. The van der Waals surface area contributed by atoms with Crippen molar-refractivity contribution in [2.24, 2.45) is 0 Å². The summed E-state index contributed by atoms with van der Waals surface area (Å²) in [6.07, 6.45) is 1.91. The highest BCUT2D eigenvalue weighted by Crippen LogP contribution is 2.20. The van der Waals surface area contributed by atoms with Crippen molar-refractivity contribution in [3.8, 4) is 6.07 Å². The van der Waals surface area contributed by atoms with Gasteiger partial charge in [0.25, 0.3) is 5.91 Å². The monoisotopic (exact) mass is 368 g/mol. The average molecular weight is 369 g/mol. The Balaban J connectivity index is 1.93. The van der Waals surface area contributed by atoms with Gasteiger partial charge in [-0.05, 0) is 43.7 Å². The zero-order valence-electron chi connectivity index (χ0n) is 14.3. The first kappa shape index (κ1) is 19.2. The van der Waals surface area contributed by atoms with Crippen LogP contribution >= 0.6 is 11.6 Å². The van der Waals surface area contributed by atoms with E-state index in [-0.39, 0.29) is 5.02 Å². The number of hydrogen-bond acceptors (Lipinski definition) is 4. The largest absolute Gasteiger partial charge is 0.449 e. The molecule has 1 atom stereocenters. The molecule has 0 radical (unpaired) electrons. The number of rotatable bonds is 5. The summed E-state index contributed by atoms with van der Waals surface area (Å²) in [6, 6.07) is 14.1. The van der Waals surface area contributed by atoms with E-state index in [1.54, 1.807) is 12.1 Å². The van der Waals surface area contributed by atoms with Crippen LogP contribution in [0.15, 0.2) is 48.5 Å². The highest BCUT2D eigenvalue weighted by molar-refractivity contribution is 6.32. The van der Waals surface area contributed by atoms with E-state index >= 15 is 0 Å². The molecule has 0 saturated carbocycles. The average Bonchev–Trinajstić information content (AvgIpc) is 2.60.